The van der Waals surface area contributed by atoms with Crippen LogP contribution < -0.4 is 19.5 Å². The number of alkyl halides is 3. The maximum absolute atomic E-state index is 12.4. The van der Waals surface area contributed by atoms with Crippen LogP contribution in [0.25, 0.3) is 16.9 Å². The molecule has 1 aliphatic rings. The molecule has 0 spiro atoms. The summed E-state index contributed by atoms with van der Waals surface area (Å²) in [4.78, 5) is 0. The molecule has 9 heteroatoms. The highest BCUT2D eigenvalue weighted by atomic mass is 19.4. The largest absolute Gasteiger partial charge is 0.573 e. The van der Waals surface area contributed by atoms with E-state index in [9.17, 15) is 13.2 Å². The Kier molecular flexibility index (Phi) is 4.73. The molecule has 0 aliphatic carbocycles. The zero-order chi connectivity index (χ0) is 20.6. The molecule has 1 aliphatic heterocycles. The maximum atomic E-state index is 12.4. The van der Waals surface area contributed by atoms with Gasteiger partial charge in [-0.15, -0.1) is 13.2 Å². The summed E-state index contributed by atoms with van der Waals surface area (Å²) >= 11 is 0. The van der Waals surface area contributed by atoms with E-state index in [-0.39, 0.29) is 5.75 Å². The van der Waals surface area contributed by atoms with Gasteiger partial charge in [-0.25, -0.2) is 4.68 Å². The number of rotatable bonds is 5. The van der Waals surface area contributed by atoms with E-state index in [0.29, 0.717) is 17.2 Å². The number of hydrogen-bond donors (Lipinski definition) is 1. The van der Waals surface area contributed by atoms with E-state index in [1.54, 1.807) is 25.0 Å². The fourth-order valence-corrected chi connectivity index (χ4v) is 3.44. The molecule has 0 bridgehead atoms. The van der Waals surface area contributed by atoms with E-state index >= 15 is 0 Å². The van der Waals surface area contributed by atoms with Gasteiger partial charge in [-0.3, -0.25) is 0 Å². The number of fused-ring (bicyclic) bond motifs is 1. The molecule has 2 aromatic carbocycles. The molecule has 1 N–H and O–H groups in total. The second kappa shape index (κ2) is 7.23. The summed E-state index contributed by atoms with van der Waals surface area (Å²) in [6.07, 6.45) is -3.97. The van der Waals surface area contributed by atoms with Crippen LogP contribution in [0.3, 0.4) is 0 Å². The number of nitrogens with one attached hydrogen (secondary N) is 1. The molecular weight excluding hydrogens is 387 g/mol. The lowest BCUT2D eigenvalue weighted by atomic mass is 10.1. The van der Waals surface area contributed by atoms with E-state index in [0.717, 1.165) is 35.6 Å². The van der Waals surface area contributed by atoms with Gasteiger partial charge in [0.1, 0.15) is 17.3 Å². The Bertz CT molecular complexity index is 1030. The number of ether oxygens (including phenoxy) is 3. The van der Waals surface area contributed by atoms with Gasteiger partial charge in [-0.05, 0) is 42.8 Å². The number of halogens is 3. The van der Waals surface area contributed by atoms with Gasteiger partial charge in [-0.2, -0.15) is 5.10 Å². The summed E-state index contributed by atoms with van der Waals surface area (Å²) < 4.78 is 53.7. The first-order valence-electron chi connectivity index (χ1n) is 8.84. The lowest BCUT2D eigenvalue weighted by molar-refractivity contribution is -0.274. The highest BCUT2D eigenvalue weighted by Crippen LogP contribution is 2.42. The molecule has 2 heterocycles. The molecule has 4 rings (SSSR count). The molecule has 0 radical (unpaired) electrons. The summed E-state index contributed by atoms with van der Waals surface area (Å²) in [5.74, 6) is 1.68. The monoisotopic (exact) mass is 405 g/mol. The number of aromatic nitrogens is 2. The number of hydrogen-bond acceptors (Lipinski definition) is 5. The van der Waals surface area contributed by atoms with Crippen LogP contribution in [0.15, 0.2) is 42.5 Å². The van der Waals surface area contributed by atoms with Crippen LogP contribution in [0.5, 0.6) is 17.2 Å². The van der Waals surface area contributed by atoms with E-state index in [4.69, 9.17) is 14.6 Å². The molecule has 0 saturated heterocycles. The minimum Gasteiger partial charge on any atom is -0.493 e. The van der Waals surface area contributed by atoms with Crippen LogP contribution in [0.4, 0.5) is 19.0 Å². The minimum absolute atomic E-state index is 0.285. The topological polar surface area (TPSA) is 57.5 Å². The predicted octanol–water partition coefficient (Wildman–Crippen LogP) is 4.42. The number of anilines is 1. The van der Waals surface area contributed by atoms with Gasteiger partial charge >= 0.3 is 6.36 Å². The summed E-state index contributed by atoms with van der Waals surface area (Å²) in [6, 6.07) is 11.1. The van der Waals surface area contributed by atoms with E-state index in [2.05, 4.69) is 10.1 Å². The molecule has 0 fully saturated rings. The van der Waals surface area contributed by atoms with Gasteiger partial charge in [0.15, 0.2) is 11.5 Å². The standard InChI is InChI=1S/C20H18F3N3O3/c1-27-16-5-3-4-14(18(16)28-2)17-15-10-11-24-19(15)26(25-17)12-6-8-13(9-7-12)29-20(21,22)23/h3-9,24H,10-11H2,1-2H3. The third-order valence-electron chi connectivity index (χ3n) is 4.62. The molecule has 0 saturated carbocycles. The molecule has 3 aromatic rings. The third-order valence-corrected chi connectivity index (χ3v) is 4.62. The van der Waals surface area contributed by atoms with Crippen molar-refractivity contribution in [2.75, 3.05) is 26.1 Å². The van der Waals surface area contributed by atoms with Crippen LogP contribution in [-0.4, -0.2) is 36.9 Å². The van der Waals surface area contributed by atoms with Gasteiger partial charge in [0, 0.05) is 17.7 Å². The third kappa shape index (κ3) is 3.55. The van der Waals surface area contributed by atoms with Crippen LogP contribution in [0, 0.1) is 0 Å². The first-order chi connectivity index (χ1) is 13.9. The fourth-order valence-electron chi connectivity index (χ4n) is 3.44. The quantitative estimate of drug-likeness (QED) is 0.681. The zero-order valence-electron chi connectivity index (χ0n) is 15.7. The van der Waals surface area contributed by atoms with Crippen molar-refractivity contribution in [3.05, 3.63) is 48.0 Å². The van der Waals surface area contributed by atoms with Gasteiger partial charge in [-0.1, -0.05) is 6.07 Å². The Morgan fingerprint density at radius 3 is 2.45 bits per heavy atom. The number of methoxy groups -OCH3 is 2. The Balaban J connectivity index is 1.77. The Hall–Kier alpha value is -3.36. The normalized spacial score (nSPS) is 13.0. The average Bonchev–Trinajstić information content (AvgIpc) is 3.29. The van der Waals surface area contributed by atoms with Gasteiger partial charge in [0.2, 0.25) is 0 Å². The lowest BCUT2D eigenvalue weighted by Gasteiger charge is -2.12. The molecule has 6 nitrogen and oxygen atoms in total. The Labute approximate surface area is 164 Å². The minimum atomic E-state index is -4.73. The highest BCUT2D eigenvalue weighted by Gasteiger charge is 2.31. The average molecular weight is 405 g/mol. The molecule has 1 aromatic heterocycles. The summed E-state index contributed by atoms with van der Waals surface area (Å²) in [5, 5.41) is 8.01. The highest BCUT2D eigenvalue weighted by molar-refractivity contribution is 5.78. The smallest absolute Gasteiger partial charge is 0.493 e. The van der Waals surface area contributed by atoms with Crippen LogP contribution in [0.1, 0.15) is 5.56 Å². The van der Waals surface area contributed by atoms with Crippen molar-refractivity contribution in [3.63, 3.8) is 0 Å². The van der Waals surface area contributed by atoms with Crippen molar-refractivity contribution < 1.29 is 27.4 Å². The van der Waals surface area contributed by atoms with Crippen molar-refractivity contribution in [2.45, 2.75) is 12.8 Å². The zero-order valence-corrected chi connectivity index (χ0v) is 15.7. The van der Waals surface area contributed by atoms with E-state index < -0.39 is 6.36 Å². The number of benzene rings is 2. The summed E-state index contributed by atoms with van der Waals surface area (Å²) in [5.41, 5.74) is 3.13. The molecule has 0 amide bonds. The van der Waals surface area contributed by atoms with Crippen molar-refractivity contribution in [1.29, 1.82) is 0 Å². The van der Waals surface area contributed by atoms with E-state index in [1.165, 1.54) is 24.3 Å². The van der Waals surface area contributed by atoms with Gasteiger partial charge in [0.05, 0.1) is 19.9 Å². The molecular formula is C20H18F3N3O3. The number of para-hydroxylation sites is 1. The second-order valence-corrected chi connectivity index (χ2v) is 6.35. The molecule has 0 atom stereocenters. The van der Waals surface area contributed by atoms with Crippen molar-refractivity contribution in [1.82, 2.24) is 9.78 Å². The summed E-state index contributed by atoms with van der Waals surface area (Å²) in [6.45, 7) is 0.738. The van der Waals surface area contributed by atoms with Crippen molar-refractivity contribution >= 4 is 5.82 Å². The Morgan fingerprint density at radius 1 is 1.03 bits per heavy atom. The van der Waals surface area contributed by atoms with E-state index in [1.807, 2.05) is 12.1 Å². The predicted molar refractivity (Wildman–Crippen MR) is 101 cm³/mol. The maximum Gasteiger partial charge on any atom is 0.573 e. The van der Waals surface area contributed by atoms with Crippen LogP contribution in [0.2, 0.25) is 0 Å². The van der Waals surface area contributed by atoms with Gasteiger partial charge in [0.25, 0.3) is 0 Å². The molecule has 152 valence electrons. The summed E-state index contributed by atoms with van der Waals surface area (Å²) in [7, 11) is 3.13. The van der Waals surface area contributed by atoms with Crippen molar-refractivity contribution in [3.8, 4) is 34.2 Å². The lowest BCUT2D eigenvalue weighted by Crippen LogP contribution is -2.17. The molecule has 29 heavy (non-hydrogen) atoms. The SMILES string of the molecule is COc1cccc(-c2nn(-c3ccc(OC(F)(F)F)cc3)c3c2CCN3)c1OC. The van der Waals surface area contributed by atoms with Gasteiger partial charge < -0.3 is 19.5 Å². The number of nitrogens with zero attached hydrogens (tertiary/aromatic N) is 2. The second-order valence-electron chi connectivity index (χ2n) is 6.35. The molecule has 0 unspecified atom stereocenters. The fraction of sp³-hybridized carbons (Fsp3) is 0.250. The first-order valence-corrected chi connectivity index (χ1v) is 8.84. The van der Waals surface area contributed by atoms with Crippen LogP contribution in [-0.2, 0) is 6.42 Å². The van der Waals surface area contributed by atoms with Crippen molar-refractivity contribution in [2.24, 2.45) is 0 Å². The Morgan fingerprint density at radius 2 is 1.79 bits per heavy atom. The van der Waals surface area contributed by atoms with Crippen LogP contribution >= 0.6 is 0 Å². The first kappa shape index (κ1) is 19.0.